The monoisotopic (exact) mass is 266 g/mol. The van der Waals surface area contributed by atoms with E-state index in [1.165, 1.54) is 0 Å². The molecule has 100 valence electrons. The number of methoxy groups -OCH3 is 1. The van der Waals surface area contributed by atoms with Crippen LogP contribution in [0.25, 0.3) is 0 Å². The number of hydrogen-bond donors (Lipinski definition) is 0. The van der Waals surface area contributed by atoms with Gasteiger partial charge >= 0.3 is 12.1 Å². The van der Waals surface area contributed by atoms with E-state index in [1.807, 2.05) is 0 Å². The van der Waals surface area contributed by atoms with Gasteiger partial charge in [0, 0.05) is 5.69 Å². The summed E-state index contributed by atoms with van der Waals surface area (Å²) in [5.74, 6) is -2.74. The molecule has 18 heavy (non-hydrogen) atoms. The molecule has 0 aromatic heterocycles. The van der Waals surface area contributed by atoms with Crippen molar-refractivity contribution in [2.24, 2.45) is 0 Å². The average molecular weight is 266 g/mol. The SMILES string of the molecule is COC(=O)c1cc(F)c(C(F)(F)F)cc1N(C)[O-]. The molecule has 0 heterocycles. The first-order valence-corrected chi connectivity index (χ1v) is 4.58. The number of anilines is 1. The van der Waals surface area contributed by atoms with E-state index >= 15 is 0 Å². The minimum atomic E-state index is -4.95. The van der Waals surface area contributed by atoms with E-state index in [-0.39, 0.29) is 11.1 Å². The summed E-state index contributed by atoms with van der Waals surface area (Å²) in [6.45, 7) is 0. The van der Waals surface area contributed by atoms with Gasteiger partial charge in [-0.25, -0.2) is 9.18 Å². The van der Waals surface area contributed by atoms with Crippen LogP contribution in [0.4, 0.5) is 23.2 Å². The van der Waals surface area contributed by atoms with Crippen molar-refractivity contribution < 1.29 is 27.1 Å². The number of nitrogens with zero attached hydrogens (tertiary/aromatic N) is 1. The molecule has 4 nitrogen and oxygen atoms in total. The second-order valence-electron chi connectivity index (χ2n) is 3.34. The molecule has 0 saturated heterocycles. The summed E-state index contributed by atoms with van der Waals surface area (Å²) in [5, 5.41) is 11.1. The Labute approximate surface area is 99.3 Å². The number of hydrogen-bond acceptors (Lipinski definition) is 4. The van der Waals surface area contributed by atoms with Gasteiger partial charge in [-0.05, 0) is 19.2 Å². The molecule has 8 heteroatoms. The van der Waals surface area contributed by atoms with Crippen molar-refractivity contribution in [2.75, 3.05) is 19.2 Å². The molecule has 0 unspecified atom stereocenters. The van der Waals surface area contributed by atoms with E-state index in [4.69, 9.17) is 0 Å². The number of alkyl halides is 3. The highest BCUT2D eigenvalue weighted by molar-refractivity contribution is 5.96. The predicted molar refractivity (Wildman–Crippen MR) is 54.5 cm³/mol. The Morgan fingerprint density at radius 2 is 1.94 bits per heavy atom. The van der Waals surface area contributed by atoms with Crippen LogP contribution in [-0.2, 0) is 10.9 Å². The maximum absolute atomic E-state index is 13.2. The molecular weight excluding hydrogens is 258 g/mol. The third-order valence-electron chi connectivity index (χ3n) is 2.14. The van der Waals surface area contributed by atoms with E-state index in [0.717, 1.165) is 14.2 Å². The van der Waals surface area contributed by atoms with Gasteiger partial charge < -0.3 is 15.0 Å². The highest BCUT2D eigenvalue weighted by atomic mass is 19.4. The summed E-state index contributed by atoms with van der Waals surface area (Å²) in [4.78, 5) is 11.2. The Kier molecular flexibility index (Phi) is 3.80. The van der Waals surface area contributed by atoms with Gasteiger partial charge in [-0.2, -0.15) is 13.2 Å². The van der Waals surface area contributed by atoms with Crippen molar-refractivity contribution in [3.63, 3.8) is 0 Å². The van der Waals surface area contributed by atoms with Gasteiger partial charge in [0.05, 0.1) is 18.2 Å². The molecule has 0 N–H and O–H groups in total. The van der Waals surface area contributed by atoms with E-state index < -0.39 is 34.8 Å². The number of hydroxylamine groups is 1. The van der Waals surface area contributed by atoms with Gasteiger partial charge in [0.1, 0.15) is 5.82 Å². The van der Waals surface area contributed by atoms with Crippen molar-refractivity contribution in [2.45, 2.75) is 6.18 Å². The maximum atomic E-state index is 13.2. The number of esters is 1. The second kappa shape index (κ2) is 4.81. The van der Waals surface area contributed by atoms with Gasteiger partial charge in [0.15, 0.2) is 0 Å². The van der Waals surface area contributed by atoms with Crippen LogP contribution in [0.15, 0.2) is 12.1 Å². The predicted octanol–water partition coefficient (Wildman–Crippen LogP) is 2.57. The summed E-state index contributed by atoms with van der Waals surface area (Å²) >= 11 is 0. The van der Waals surface area contributed by atoms with Crippen LogP contribution in [0.2, 0.25) is 0 Å². The first-order valence-electron chi connectivity index (χ1n) is 4.58. The summed E-state index contributed by atoms with van der Waals surface area (Å²) in [6, 6.07) is 0.604. The lowest BCUT2D eigenvalue weighted by Crippen LogP contribution is -2.17. The van der Waals surface area contributed by atoms with Crippen LogP contribution < -0.4 is 5.06 Å². The molecule has 0 aliphatic heterocycles. The fourth-order valence-corrected chi connectivity index (χ4v) is 1.31. The molecule has 0 atom stereocenters. The zero-order valence-electron chi connectivity index (χ0n) is 9.34. The Balaban J connectivity index is 3.49. The fraction of sp³-hybridized carbons (Fsp3) is 0.300. The standard InChI is InChI=1S/C10H8F4NO3/c1-15(17)8-4-6(10(12,13)14)7(11)3-5(8)9(16)18-2/h3-4H,1-2H3/q-1. The van der Waals surface area contributed by atoms with Crippen molar-refractivity contribution >= 4 is 11.7 Å². The second-order valence-corrected chi connectivity index (χ2v) is 3.34. The van der Waals surface area contributed by atoms with Crippen molar-refractivity contribution in [3.8, 4) is 0 Å². The quantitative estimate of drug-likeness (QED) is 0.469. The Bertz CT molecular complexity index is 471. The molecular formula is C10H8F4NO3-. The van der Waals surface area contributed by atoms with E-state index in [9.17, 15) is 27.6 Å². The van der Waals surface area contributed by atoms with Gasteiger partial charge in [0.25, 0.3) is 0 Å². The number of ether oxygens (including phenoxy) is 1. The molecule has 1 aromatic carbocycles. The van der Waals surface area contributed by atoms with Gasteiger partial charge in [-0.15, -0.1) is 0 Å². The number of rotatable bonds is 2. The molecule has 0 amide bonds. The third kappa shape index (κ3) is 2.70. The molecule has 0 bridgehead atoms. The van der Waals surface area contributed by atoms with Crippen LogP contribution in [0, 0.1) is 11.0 Å². The van der Waals surface area contributed by atoms with Gasteiger partial charge in [0.2, 0.25) is 0 Å². The van der Waals surface area contributed by atoms with Crippen LogP contribution >= 0.6 is 0 Å². The minimum absolute atomic E-state index is 0.0287. The molecule has 0 fully saturated rings. The molecule has 0 aliphatic carbocycles. The zero-order valence-corrected chi connectivity index (χ0v) is 9.34. The first-order chi connectivity index (χ1) is 8.18. The van der Waals surface area contributed by atoms with E-state index in [1.54, 1.807) is 0 Å². The maximum Gasteiger partial charge on any atom is 0.419 e. The Morgan fingerprint density at radius 3 is 2.33 bits per heavy atom. The van der Waals surface area contributed by atoms with E-state index in [0.29, 0.717) is 6.07 Å². The van der Waals surface area contributed by atoms with Crippen LogP contribution in [-0.4, -0.2) is 20.1 Å². The lowest BCUT2D eigenvalue weighted by molar-refractivity contribution is -0.139. The number of halogens is 4. The van der Waals surface area contributed by atoms with Crippen molar-refractivity contribution in [1.29, 1.82) is 0 Å². The highest BCUT2D eigenvalue weighted by Gasteiger charge is 2.35. The van der Waals surface area contributed by atoms with Crippen LogP contribution in [0.3, 0.4) is 0 Å². The number of carbonyl (C=O) groups is 1. The van der Waals surface area contributed by atoms with Crippen molar-refractivity contribution in [1.82, 2.24) is 0 Å². The summed E-state index contributed by atoms with van der Waals surface area (Å²) < 4.78 is 54.8. The Hall–Kier alpha value is -1.83. The molecule has 0 spiro atoms. The topological polar surface area (TPSA) is 52.6 Å². The fourth-order valence-electron chi connectivity index (χ4n) is 1.31. The summed E-state index contributed by atoms with van der Waals surface area (Å²) in [5.41, 5.74) is -2.80. The van der Waals surface area contributed by atoms with Crippen molar-refractivity contribution in [3.05, 3.63) is 34.3 Å². The number of carbonyl (C=O) groups excluding carboxylic acids is 1. The molecule has 0 saturated carbocycles. The first kappa shape index (κ1) is 14.2. The molecule has 0 aliphatic rings. The Morgan fingerprint density at radius 1 is 1.39 bits per heavy atom. The largest absolute Gasteiger partial charge is 0.758 e. The molecule has 1 aromatic rings. The lowest BCUT2D eigenvalue weighted by Gasteiger charge is -2.27. The van der Waals surface area contributed by atoms with Crippen LogP contribution in [0.5, 0.6) is 0 Å². The normalized spacial score (nSPS) is 11.3. The van der Waals surface area contributed by atoms with E-state index in [2.05, 4.69) is 4.74 Å². The summed E-state index contributed by atoms with van der Waals surface area (Å²) in [6.07, 6.45) is -4.95. The summed E-state index contributed by atoms with van der Waals surface area (Å²) in [7, 11) is 1.85. The van der Waals surface area contributed by atoms with Gasteiger partial charge in [-0.3, -0.25) is 0 Å². The smallest absolute Gasteiger partial charge is 0.419 e. The highest BCUT2D eigenvalue weighted by Crippen LogP contribution is 2.35. The zero-order chi connectivity index (χ0) is 14.1. The average Bonchev–Trinajstić information content (AvgIpc) is 2.25. The third-order valence-corrected chi connectivity index (χ3v) is 2.14. The van der Waals surface area contributed by atoms with Crippen LogP contribution in [0.1, 0.15) is 15.9 Å². The molecule has 1 rings (SSSR count). The molecule has 0 radical (unpaired) electrons. The number of benzene rings is 1. The minimum Gasteiger partial charge on any atom is -0.758 e. The van der Waals surface area contributed by atoms with Gasteiger partial charge in [-0.1, -0.05) is 0 Å². The lowest BCUT2D eigenvalue weighted by atomic mass is 10.1.